The lowest BCUT2D eigenvalue weighted by Gasteiger charge is -2.16. The van der Waals surface area contributed by atoms with Gasteiger partial charge in [0.2, 0.25) is 17.6 Å². The highest BCUT2D eigenvalue weighted by Gasteiger charge is 2.23. The molecule has 0 unspecified atom stereocenters. The number of hydrogen-bond donors (Lipinski definition) is 3. The van der Waals surface area contributed by atoms with Crippen LogP contribution < -0.4 is 10.6 Å². The number of nitro groups is 1. The van der Waals surface area contributed by atoms with E-state index in [1.165, 1.54) is 6.07 Å². The van der Waals surface area contributed by atoms with Gasteiger partial charge in [-0.15, -0.1) is 0 Å². The molecule has 164 valence electrons. The number of carboxylic acids is 1. The largest absolute Gasteiger partial charge is 0.480 e. The summed E-state index contributed by atoms with van der Waals surface area (Å²) in [4.78, 5) is 45.6. The Morgan fingerprint density at radius 1 is 1.06 bits per heavy atom. The van der Waals surface area contributed by atoms with E-state index in [4.69, 9.17) is 0 Å². The van der Waals surface area contributed by atoms with Gasteiger partial charge in [-0.3, -0.25) is 19.7 Å². The zero-order valence-electron chi connectivity index (χ0n) is 16.7. The van der Waals surface area contributed by atoms with E-state index < -0.39 is 34.3 Å². The second kappa shape index (κ2) is 10.8. The van der Waals surface area contributed by atoms with Crippen molar-refractivity contribution < 1.29 is 28.8 Å². The molecule has 2 aromatic rings. The van der Waals surface area contributed by atoms with Crippen LogP contribution in [0.2, 0.25) is 0 Å². The molecule has 2 atom stereocenters. The molecule has 9 nitrogen and oxygen atoms in total. The van der Waals surface area contributed by atoms with Crippen molar-refractivity contribution in [1.82, 2.24) is 10.6 Å². The maximum absolute atomic E-state index is 13.4. The second-order valence-electron chi connectivity index (χ2n) is 6.91. The molecule has 0 fully saturated rings. The lowest BCUT2D eigenvalue weighted by Crippen LogP contribution is -2.42. The van der Waals surface area contributed by atoms with Gasteiger partial charge in [0.15, 0.2) is 0 Å². The molecule has 0 aromatic heterocycles. The summed E-state index contributed by atoms with van der Waals surface area (Å²) < 4.78 is 13.4. The van der Waals surface area contributed by atoms with E-state index in [0.717, 1.165) is 17.7 Å². The second-order valence-corrected chi connectivity index (χ2v) is 6.91. The van der Waals surface area contributed by atoms with Crippen molar-refractivity contribution in [2.75, 3.05) is 0 Å². The Labute approximate surface area is 177 Å². The van der Waals surface area contributed by atoms with Crippen LogP contribution in [0.15, 0.2) is 48.5 Å². The molecule has 2 rings (SSSR count). The Kier molecular flexibility index (Phi) is 8.18. The molecule has 2 amide bonds. The van der Waals surface area contributed by atoms with Gasteiger partial charge in [-0.05, 0) is 24.1 Å². The lowest BCUT2D eigenvalue weighted by molar-refractivity contribution is -0.387. The molecule has 0 aliphatic rings. The van der Waals surface area contributed by atoms with Crippen LogP contribution in [0, 0.1) is 15.9 Å². The van der Waals surface area contributed by atoms with Gasteiger partial charge in [-0.1, -0.05) is 36.4 Å². The Bertz CT molecular complexity index is 967. The van der Waals surface area contributed by atoms with Crippen LogP contribution in [0.1, 0.15) is 36.9 Å². The first kappa shape index (κ1) is 23.5. The number of nitro benzene ring substituents is 1. The van der Waals surface area contributed by atoms with Crippen molar-refractivity contribution in [3.8, 4) is 0 Å². The highest BCUT2D eigenvalue weighted by Crippen LogP contribution is 2.19. The topological polar surface area (TPSA) is 139 Å². The van der Waals surface area contributed by atoms with Crippen molar-refractivity contribution in [1.29, 1.82) is 0 Å². The Balaban J connectivity index is 1.89. The van der Waals surface area contributed by atoms with Gasteiger partial charge in [0.25, 0.3) is 0 Å². The third kappa shape index (κ3) is 7.18. The number of nitrogens with one attached hydrogen (secondary N) is 2. The van der Waals surface area contributed by atoms with Gasteiger partial charge in [0.05, 0.1) is 11.0 Å². The molecule has 3 N–H and O–H groups in total. The van der Waals surface area contributed by atoms with E-state index in [2.05, 4.69) is 10.6 Å². The molecule has 0 spiro atoms. The van der Waals surface area contributed by atoms with Crippen molar-refractivity contribution in [3.05, 3.63) is 75.6 Å². The van der Waals surface area contributed by atoms with Crippen molar-refractivity contribution in [2.24, 2.45) is 0 Å². The summed E-state index contributed by atoms with van der Waals surface area (Å²) in [5.74, 6) is -3.43. The highest BCUT2D eigenvalue weighted by molar-refractivity contribution is 5.87. The number of rotatable bonds is 10. The maximum atomic E-state index is 13.4. The third-order valence-electron chi connectivity index (χ3n) is 4.54. The van der Waals surface area contributed by atoms with E-state index in [1.54, 1.807) is 6.92 Å². The lowest BCUT2D eigenvalue weighted by atomic mass is 10.0. The quantitative estimate of drug-likeness (QED) is 0.390. The summed E-state index contributed by atoms with van der Waals surface area (Å²) in [5.41, 5.74) is 0.298. The molecule has 0 saturated carbocycles. The minimum Gasteiger partial charge on any atom is -0.480 e. The Hall–Kier alpha value is -3.82. The number of hydrogen-bond acceptors (Lipinski definition) is 5. The first-order valence-corrected chi connectivity index (χ1v) is 9.46. The van der Waals surface area contributed by atoms with Gasteiger partial charge >= 0.3 is 11.7 Å². The average molecular weight is 431 g/mol. The van der Waals surface area contributed by atoms with Crippen LogP contribution in [-0.2, 0) is 20.8 Å². The number of nitrogens with zero attached hydrogens (tertiary/aromatic N) is 1. The molecule has 0 bridgehead atoms. The van der Waals surface area contributed by atoms with Crippen LogP contribution in [0.3, 0.4) is 0 Å². The number of carboxylic acid groups (broad SMARTS) is 1. The van der Waals surface area contributed by atoms with Crippen LogP contribution in [0.5, 0.6) is 0 Å². The zero-order valence-corrected chi connectivity index (χ0v) is 16.7. The van der Waals surface area contributed by atoms with Gasteiger partial charge in [-0.25, -0.2) is 4.79 Å². The Morgan fingerprint density at radius 2 is 1.68 bits per heavy atom. The van der Waals surface area contributed by atoms with Crippen molar-refractivity contribution >= 4 is 23.5 Å². The fourth-order valence-electron chi connectivity index (χ4n) is 2.89. The number of carbonyl (C=O) groups is 3. The van der Waals surface area contributed by atoms with Crippen LogP contribution >= 0.6 is 0 Å². The minimum atomic E-state index is -1.39. The summed E-state index contributed by atoms with van der Waals surface area (Å²) >= 11 is 0. The molecule has 0 aliphatic heterocycles. The average Bonchev–Trinajstić information content (AvgIpc) is 2.73. The summed E-state index contributed by atoms with van der Waals surface area (Å²) in [6.45, 7) is 1.80. The normalized spacial score (nSPS) is 12.5. The van der Waals surface area contributed by atoms with Gasteiger partial charge < -0.3 is 15.7 Å². The van der Waals surface area contributed by atoms with Gasteiger partial charge in [-0.2, -0.15) is 4.39 Å². The molecule has 10 heteroatoms. The molecule has 0 aliphatic carbocycles. The van der Waals surface area contributed by atoms with Crippen LogP contribution in [-0.4, -0.2) is 33.9 Å². The summed E-state index contributed by atoms with van der Waals surface area (Å²) in [5, 5.41) is 25.2. The standard InChI is InChI=1S/C21H22FN3O6/c1-13(15-5-3-2-4-6-15)23-19(26)9-10-20(27)24-17(21(28)29)11-14-7-8-16(22)18(12-14)25(30)31/h2-8,12-13,17H,9-11H2,1H3,(H,23,26)(H,24,27)(H,28,29)/t13-,17-/m1/s1. The van der Waals surface area contributed by atoms with Crippen molar-refractivity contribution in [2.45, 2.75) is 38.3 Å². The molecular weight excluding hydrogens is 409 g/mol. The summed E-state index contributed by atoms with van der Waals surface area (Å²) in [6, 6.07) is 10.6. The van der Waals surface area contributed by atoms with E-state index in [1.807, 2.05) is 30.3 Å². The SMILES string of the molecule is C[C@@H](NC(=O)CCC(=O)N[C@H](Cc1ccc(F)c([N+](=O)[O-])c1)C(=O)O)c1ccccc1. The van der Waals surface area contributed by atoms with E-state index in [9.17, 15) is 34.0 Å². The first-order valence-electron chi connectivity index (χ1n) is 9.46. The monoisotopic (exact) mass is 431 g/mol. The van der Waals surface area contributed by atoms with Gasteiger partial charge in [0, 0.05) is 25.3 Å². The van der Waals surface area contributed by atoms with E-state index in [-0.39, 0.29) is 36.8 Å². The predicted molar refractivity (Wildman–Crippen MR) is 109 cm³/mol. The summed E-state index contributed by atoms with van der Waals surface area (Å²) in [7, 11) is 0. The molecule has 2 aromatic carbocycles. The highest BCUT2D eigenvalue weighted by atomic mass is 19.1. The third-order valence-corrected chi connectivity index (χ3v) is 4.54. The Morgan fingerprint density at radius 3 is 2.26 bits per heavy atom. The van der Waals surface area contributed by atoms with Crippen LogP contribution in [0.4, 0.5) is 10.1 Å². The summed E-state index contributed by atoms with van der Waals surface area (Å²) in [6.07, 6.45) is -0.655. The predicted octanol–water partition coefficient (Wildman–Crippen LogP) is 2.50. The molecular formula is C21H22FN3O6. The number of amides is 2. The number of halogens is 1. The fourth-order valence-corrected chi connectivity index (χ4v) is 2.89. The number of carbonyl (C=O) groups excluding carboxylic acids is 2. The molecule has 0 radical (unpaired) electrons. The maximum Gasteiger partial charge on any atom is 0.326 e. The first-order chi connectivity index (χ1) is 14.7. The van der Waals surface area contributed by atoms with E-state index in [0.29, 0.717) is 0 Å². The fraction of sp³-hybridized carbons (Fsp3) is 0.286. The smallest absolute Gasteiger partial charge is 0.326 e. The minimum absolute atomic E-state index is 0.142. The van der Waals surface area contributed by atoms with Crippen molar-refractivity contribution in [3.63, 3.8) is 0 Å². The number of aliphatic carboxylic acids is 1. The zero-order chi connectivity index (χ0) is 23.0. The molecule has 0 heterocycles. The van der Waals surface area contributed by atoms with Crippen LogP contribution in [0.25, 0.3) is 0 Å². The van der Waals surface area contributed by atoms with E-state index >= 15 is 0 Å². The molecule has 0 saturated heterocycles. The van der Waals surface area contributed by atoms with Gasteiger partial charge in [0.1, 0.15) is 6.04 Å². The molecule has 31 heavy (non-hydrogen) atoms. The number of benzene rings is 2.